The van der Waals surface area contributed by atoms with Crippen LogP contribution in [0, 0.1) is 13.8 Å². The van der Waals surface area contributed by atoms with E-state index in [0.29, 0.717) is 21.9 Å². The van der Waals surface area contributed by atoms with Crippen molar-refractivity contribution in [3.8, 4) is 0 Å². The van der Waals surface area contributed by atoms with Crippen LogP contribution in [0.1, 0.15) is 40.0 Å². The number of Topliss-reactive ketones (excluding diaryl/α,β-unsaturated/α-hetero) is 1. The maximum Gasteiger partial charge on any atom is 0.319 e. The minimum Gasteiger partial charge on any atom is -0.327 e. The first-order chi connectivity index (χ1) is 11.9. The lowest BCUT2D eigenvalue weighted by molar-refractivity contribution is 0.102. The molecule has 128 valence electrons. The molecular formula is C20H19ClN2O2. The summed E-state index contributed by atoms with van der Waals surface area (Å²) in [6.07, 6.45) is 0. The van der Waals surface area contributed by atoms with E-state index in [4.69, 9.17) is 11.6 Å². The smallest absolute Gasteiger partial charge is 0.319 e. The van der Waals surface area contributed by atoms with Crippen LogP contribution in [-0.4, -0.2) is 11.8 Å². The highest BCUT2D eigenvalue weighted by Gasteiger charge is 2.32. The van der Waals surface area contributed by atoms with Crippen molar-refractivity contribution in [1.29, 1.82) is 0 Å². The third-order valence-electron chi connectivity index (χ3n) is 4.36. The summed E-state index contributed by atoms with van der Waals surface area (Å²) in [5.41, 5.74) is 4.71. The van der Waals surface area contributed by atoms with Gasteiger partial charge in [-0.3, -0.25) is 4.79 Å². The van der Waals surface area contributed by atoms with Crippen molar-refractivity contribution in [2.75, 3.05) is 0 Å². The van der Waals surface area contributed by atoms with Gasteiger partial charge >= 0.3 is 6.03 Å². The van der Waals surface area contributed by atoms with Crippen molar-refractivity contribution in [2.24, 2.45) is 0 Å². The molecule has 3 rings (SSSR count). The van der Waals surface area contributed by atoms with Crippen molar-refractivity contribution in [3.05, 3.63) is 81.0 Å². The SMILES string of the molecule is CC1=C(C(=O)c2ccc(Cl)cc2)C(c2ccc(C)cc2C)NC(=O)N1. The zero-order valence-corrected chi connectivity index (χ0v) is 15.1. The number of hydrogen-bond donors (Lipinski definition) is 2. The van der Waals surface area contributed by atoms with Crippen molar-refractivity contribution in [1.82, 2.24) is 10.6 Å². The summed E-state index contributed by atoms with van der Waals surface area (Å²) in [6, 6.07) is 12.0. The van der Waals surface area contributed by atoms with Crippen molar-refractivity contribution in [2.45, 2.75) is 26.8 Å². The number of ketones is 1. The normalized spacial score (nSPS) is 17.1. The Balaban J connectivity index is 2.09. The van der Waals surface area contributed by atoms with Gasteiger partial charge in [-0.25, -0.2) is 4.79 Å². The van der Waals surface area contributed by atoms with E-state index < -0.39 is 6.04 Å². The van der Waals surface area contributed by atoms with E-state index in [1.807, 2.05) is 32.0 Å². The number of hydrogen-bond acceptors (Lipinski definition) is 2. The number of carbonyl (C=O) groups excluding carboxylic acids is 2. The van der Waals surface area contributed by atoms with Crippen LogP contribution in [0.25, 0.3) is 0 Å². The fourth-order valence-electron chi connectivity index (χ4n) is 3.13. The Kier molecular flexibility index (Phi) is 4.64. The largest absolute Gasteiger partial charge is 0.327 e. The molecule has 1 aliphatic rings. The maximum absolute atomic E-state index is 13.1. The molecule has 0 fully saturated rings. The Morgan fingerprint density at radius 1 is 1.04 bits per heavy atom. The minimum atomic E-state index is -0.488. The van der Waals surface area contributed by atoms with E-state index in [1.165, 1.54) is 0 Å². The second-order valence-electron chi connectivity index (χ2n) is 6.27. The Bertz CT molecular complexity index is 885. The average Bonchev–Trinajstić information content (AvgIpc) is 2.54. The average molecular weight is 355 g/mol. The van der Waals surface area contributed by atoms with Gasteiger partial charge in [0.25, 0.3) is 0 Å². The summed E-state index contributed by atoms with van der Waals surface area (Å²) in [4.78, 5) is 25.1. The number of allylic oxidation sites excluding steroid dienone is 1. The summed E-state index contributed by atoms with van der Waals surface area (Å²) in [6.45, 7) is 5.74. The lowest BCUT2D eigenvalue weighted by Gasteiger charge is -2.29. The van der Waals surface area contributed by atoms with Crippen LogP contribution in [0.15, 0.2) is 53.7 Å². The first-order valence-corrected chi connectivity index (χ1v) is 8.40. The van der Waals surface area contributed by atoms with Gasteiger partial charge < -0.3 is 10.6 Å². The number of amides is 2. The Morgan fingerprint density at radius 3 is 2.36 bits per heavy atom. The van der Waals surface area contributed by atoms with Crippen LogP contribution < -0.4 is 10.6 Å². The highest BCUT2D eigenvalue weighted by molar-refractivity contribution is 6.30. The number of halogens is 1. The molecule has 2 aromatic rings. The van der Waals surface area contributed by atoms with Crippen LogP contribution in [-0.2, 0) is 0 Å². The molecule has 1 atom stereocenters. The Labute approximate surface area is 151 Å². The summed E-state index contributed by atoms with van der Waals surface area (Å²) < 4.78 is 0. The van der Waals surface area contributed by atoms with Crippen LogP contribution >= 0.6 is 11.6 Å². The number of carbonyl (C=O) groups is 2. The molecule has 0 radical (unpaired) electrons. The van der Waals surface area contributed by atoms with E-state index in [9.17, 15) is 9.59 Å². The van der Waals surface area contributed by atoms with Crippen LogP contribution in [0.4, 0.5) is 4.79 Å². The predicted molar refractivity (Wildman–Crippen MR) is 98.8 cm³/mol. The molecule has 0 saturated heterocycles. The number of nitrogens with one attached hydrogen (secondary N) is 2. The number of aryl methyl sites for hydroxylation is 2. The number of benzene rings is 2. The van der Waals surface area contributed by atoms with Gasteiger partial charge in [0.1, 0.15) is 0 Å². The molecular weight excluding hydrogens is 336 g/mol. The molecule has 0 saturated carbocycles. The molecule has 0 bridgehead atoms. The van der Waals surface area contributed by atoms with E-state index in [-0.39, 0.29) is 11.8 Å². The Morgan fingerprint density at radius 2 is 1.72 bits per heavy atom. The fraction of sp³-hybridized carbons (Fsp3) is 0.200. The minimum absolute atomic E-state index is 0.133. The van der Waals surface area contributed by atoms with Gasteiger partial charge in [0.2, 0.25) is 0 Å². The van der Waals surface area contributed by atoms with Crippen molar-refractivity contribution in [3.63, 3.8) is 0 Å². The monoisotopic (exact) mass is 354 g/mol. The first kappa shape index (κ1) is 17.2. The molecule has 2 N–H and O–H groups in total. The van der Waals surface area contributed by atoms with Gasteiger partial charge in [-0.05, 0) is 56.2 Å². The third-order valence-corrected chi connectivity index (χ3v) is 4.61. The van der Waals surface area contributed by atoms with E-state index >= 15 is 0 Å². The second-order valence-corrected chi connectivity index (χ2v) is 6.70. The van der Waals surface area contributed by atoms with Gasteiger partial charge in [-0.15, -0.1) is 0 Å². The molecule has 2 amide bonds. The van der Waals surface area contributed by atoms with Gasteiger partial charge in [0.05, 0.1) is 6.04 Å². The van der Waals surface area contributed by atoms with Gasteiger partial charge in [-0.1, -0.05) is 35.4 Å². The molecule has 5 heteroatoms. The quantitative estimate of drug-likeness (QED) is 0.799. The summed E-state index contributed by atoms with van der Waals surface area (Å²) in [5, 5.41) is 6.16. The highest BCUT2D eigenvalue weighted by atomic mass is 35.5. The van der Waals surface area contributed by atoms with Crippen molar-refractivity contribution < 1.29 is 9.59 Å². The molecule has 4 nitrogen and oxygen atoms in total. The fourth-order valence-corrected chi connectivity index (χ4v) is 3.26. The standard InChI is InChI=1S/C20H19ClN2O2/c1-11-4-9-16(12(2)10-11)18-17(13(3)22-20(25)23-18)19(24)14-5-7-15(21)8-6-14/h4-10,18H,1-3H3,(H2,22,23,25). The van der Waals surface area contributed by atoms with Gasteiger partial charge in [-0.2, -0.15) is 0 Å². The van der Waals surface area contributed by atoms with Crippen LogP contribution in [0.2, 0.25) is 5.02 Å². The second kappa shape index (κ2) is 6.73. The topological polar surface area (TPSA) is 58.2 Å². The summed E-state index contributed by atoms with van der Waals surface area (Å²) in [7, 11) is 0. The lowest BCUT2D eigenvalue weighted by atomic mass is 9.87. The molecule has 2 aromatic carbocycles. The van der Waals surface area contributed by atoms with E-state index in [0.717, 1.165) is 16.7 Å². The molecule has 0 spiro atoms. The Hall–Kier alpha value is -2.59. The molecule has 0 aliphatic carbocycles. The summed E-state index contributed by atoms with van der Waals surface area (Å²) in [5.74, 6) is -0.133. The van der Waals surface area contributed by atoms with Gasteiger partial charge in [0.15, 0.2) is 5.78 Å². The molecule has 0 aromatic heterocycles. The van der Waals surface area contributed by atoms with Gasteiger partial charge in [0, 0.05) is 21.9 Å². The maximum atomic E-state index is 13.1. The van der Waals surface area contributed by atoms with Crippen molar-refractivity contribution >= 4 is 23.4 Å². The molecule has 1 unspecified atom stereocenters. The molecule has 1 aliphatic heterocycles. The summed E-state index contributed by atoms with van der Waals surface area (Å²) >= 11 is 5.92. The number of urea groups is 1. The van der Waals surface area contributed by atoms with E-state index in [2.05, 4.69) is 10.6 Å². The zero-order chi connectivity index (χ0) is 18.1. The number of rotatable bonds is 3. The first-order valence-electron chi connectivity index (χ1n) is 8.02. The lowest BCUT2D eigenvalue weighted by Crippen LogP contribution is -2.45. The van der Waals surface area contributed by atoms with Crippen LogP contribution in [0.3, 0.4) is 0 Å². The molecule has 1 heterocycles. The zero-order valence-electron chi connectivity index (χ0n) is 14.3. The van der Waals surface area contributed by atoms with E-state index in [1.54, 1.807) is 31.2 Å². The highest BCUT2D eigenvalue weighted by Crippen LogP contribution is 2.31. The molecule has 25 heavy (non-hydrogen) atoms. The predicted octanol–water partition coefficient (Wildman–Crippen LogP) is 4.47. The van der Waals surface area contributed by atoms with Crippen LogP contribution in [0.5, 0.6) is 0 Å². The third kappa shape index (κ3) is 3.44.